The zero-order valence-electron chi connectivity index (χ0n) is 14.5. The highest BCUT2D eigenvalue weighted by atomic mass is 16.5. The van der Waals surface area contributed by atoms with Crippen molar-refractivity contribution in [1.29, 1.82) is 0 Å². The van der Waals surface area contributed by atoms with E-state index in [9.17, 15) is 4.79 Å². The molecule has 0 spiro atoms. The van der Waals surface area contributed by atoms with Crippen molar-refractivity contribution in [2.24, 2.45) is 0 Å². The Bertz CT molecular complexity index is 856. The SMILES string of the molecule is COc1cc2c(cc1/C=C/C(=O)N1CCc3ccccc31)O[C@H](C)C2. The first kappa shape index (κ1) is 15.8. The standard InChI is InChI=1S/C21H21NO3/c1-14-11-17-13-19(24-2)16(12-20(17)25-14)7-8-21(23)22-10-9-15-5-3-4-6-18(15)22/h3-8,12-14H,9-11H2,1-2H3/b8-7+/t14-/m1/s1. The molecule has 0 aromatic heterocycles. The van der Waals surface area contributed by atoms with E-state index in [4.69, 9.17) is 9.47 Å². The van der Waals surface area contributed by atoms with Crippen LogP contribution in [-0.2, 0) is 17.6 Å². The molecule has 0 radical (unpaired) electrons. The maximum atomic E-state index is 12.6. The Morgan fingerprint density at radius 2 is 2.12 bits per heavy atom. The molecule has 2 heterocycles. The lowest BCUT2D eigenvalue weighted by molar-refractivity contribution is -0.114. The van der Waals surface area contributed by atoms with Crippen molar-refractivity contribution in [3.05, 3.63) is 59.2 Å². The molecular weight excluding hydrogens is 314 g/mol. The van der Waals surface area contributed by atoms with Gasteiger partial charge in [-0.05, 0) is 43.2 Å². The minimum Gasteiger partial charge on any atom is -0.496 e. The van der Waals surface area contributed by atoms with Gasteiger partial charge in [0.1, 0.15) is 17.6 Å². The number of amides is 1. The number of carbonyl (C=O) groups is 1. The summed E-state index contributed by atoms with van der Waals surface area (Å²) in [6.07, 6.45) is 5.41. The van der Waals surface area contributed by atoms with E-state index in [1.165, 1.54) is 5.56 Å². The summed E-state index contributed by atoms with van der Waals surface area (Å²) in [4.78, 5) is 14.5. The molecule has 2 aliphatic heterocycles. The molecule has 4 heteroatoms. The lowest BCUT2D eigenvalue weighted by Gasteiger charge is -2.15. The summed E-state index contributed by atoms with van der Waals surface area (Å²) in [5, 5.41) is 0. The van der Waals surface area contributed by atoms with Crippen LogP contribution in [0, 0.1) is 0 Å². The fourth-order valence-corrected chi connectivity index (χ4v) is 3.58. The number of fused-ring (bicyclic) bond motifs is 2. The van der Waals surface area contributed by atoms with Crippen LogP contribution in [0.5, 0.6) is 11.5 Å². The summed E-state index contributed by atoms with van der Waals surface area (Å²) in [5.41, 5.74) is 4.24. The molecule has 4 nitrogen and oxygen atoms in total. The highest BCUT2D eigenvalue weighted by Gasteiger charge is 2.23. The van der Waals surface area contributed by atoms with Gasteiger partial charge in [0.15, 0.2) is 0 Å². The number of rotatable bonds is 3. The van der Waals surface area contributed by atoms with Gasteiger partial charge in [0.25, 0.3) is 5.91 Å². The van der Waals surface area contributed by atoms with E-state index < -0.39 is 0 Å². The second-order valence-electron chi connectivity index (χ2n) is 6.54. The number of carbonyl (C=O) groups excluding carboxylic acids is 1. The Morgan fingerprint density at radius 1 is 1.28 bits per heavy atom. The monoisotopic (exact) mass is 335 g/mol. The number of benzene rings is 2. The topological polar surface area (TPSA) is 38.8 Å². The number of hydrogen-bond donors (Lipinski definition) is 0. The highest BCUT2D eigenvalue weighted by molar-refractivity contribution is 6.05. The predicted molar refractivity (Wildman–Crippen MR) is 98.3 cm³/mol. The molecule has 0 N–H and O–H groups in total. The number of nitrogens with zero attached hydrogens (tertiary/aromatic N) is 1. The molecule has 2 aromatic rings. The lowest BCUT2D eigenvalue weighted by atomic mass is 10.1. The largest absolute Gasteiger partial charge is 0.496 e. The van der Waals surface area contributed by atoms with Crippen molar-refractivity contribution in [1.82, 2.24) is 0 Å². The van der Waals surface area contributed by atoms with E-state index in [1.54, 1.807) is 13.2 Å². The zero-order chi connectivity index (χ0) is 17.4. The van der Waals surface area contributed by atoms with Crippen molar-refractivity contribution >= 4 is 17.7 Å². The predicted octanol–water partition coefficient (Wildman–Crippen LogP) is 3.62. The third kappa shape index (κ3) is 2.88. The van der Waals surface area contributed by atoms with Crippen molar-refractivity contribution in [2.45, 2.75) is 25.9 Å². The van der Waals surface area contributed by atoms with Crippen LogP contribution in [0.25, 0.3) is 6.08 Å². The molecule has 0 saturated carbocycles. The van der Waals surface area contributed by atoms with Gasteiger partial charge in [0, 0.05) is 35.9 Å². The summed E-state index contributed by atoms with van der Waals surface area (Å²) in [5.74, 6) is 1.64. The van der Waals surface area contributed by atoms with E-state index in [0.29, 0.717) is 0 Å². The van der Waals surface area contributed by atoms with Crippen LogP contribution in [0.3, 0.4) is 0 Å². The molecule has 0 aliphatic carbocycles. The number of anilines is 1. The van der Waals surface area contributed by atoms with Crippen LogP contribution < -0.4 is 14.4 Å². The minimum atomic E-state index is -0.0122. The second-order valence-corrected chi connectivity index (χ2v) is 6.54. The molecule has 2 aliphatic rings. The maximum Gasteiger partial charge on any atom is 0.251 e. The molecule has 128 valence electrons. The molecule has 0 saturated heterocycles. The molecule has 1 atom stereocenters. The Hall–Kier alpha value is -2.75. The van der Waals surface area contributed by atoms with Gasteiger partial charge in [0.05, 0.1) is 7.11 Å². The second kappa shape index (κ2) is 6.28. The minimum absolute atomic E-state index is 0.0122. The van der Waals surface area contributed by atoms with Crippen molar-refractivity contribution < 1.29 is 14.3 Å². The molecular formula is C21H21NO3. The average Bonchev–Trinajstić information content (AvgIpc) is 3.20. The van der Waals surface area contributed by atoms with Gasteiger partial charge in [-0.25, -0.2) is 0 Å². The maximum absolute atomic E-state index is 12.6. The highest BCUT2D eigenvalue weighted by Crippen LogP contribution is 2.35. The molecule has 0 unspecified atom stereocenters. The van der Waals surface area contributed by atoms with Crippen molar-refractivity contribution in [2.75, 3.05) is 18.6 Å². The Morgan fingerprint density at radius 3 is 2.96 bits per heavy atom. The van der Waals surface area contributed by atoms with Gasteiger partial charge in [-0.15, -0.1) is 0 Å². The third-order valence-electron chi connectivity index (χ3n) is 4.81. The number of ether oxygens (including phenoxy) is 2. The molecule has 0 bridgehead atoms. The Kier molecular flexibility index (Phi) is 3.96. The van der Waals surface area contributed by atoms with Gasteiger partial charge in [-0.1, -0.05) is 18.2 Å². The third-order valence-corrected chi connectivity index (χ3v) is 4.81. The van der Waals surface area contributed by atoms with Gasteiger partial charge < -0.3 is 14.4 Å². The number of hydrogen-bond acceptors (Lipinski definition) is 3. The molecule has 25 heavy (non-hydrogen) atoms. The number of para-hydroxylation sites is 1. The quantitative estimate of drug-likeness (QED) is 0.804. The first-order valence-corrected chi connectivity index (χ1v) is 8.61. The van der Waals surface area contributed by atoms with Crippen LogP contribution in [0.4, 0.5) is 5.69 Å². The average molecular weight is 335 g/mol. The molecule has 4 rings (SSSR count). The normalized spacial score (nSPS) is 18.2. The van der Waals surface area contributed by atoms with E-state index in [0.717, 1.165) is 47.7 Å². The van der Waals surface area contributed by atoms with Gasteiger partial charge in [-0.2, -0.15) is 0 Å². The van der Waals surface area contributed by atoms with E-state index in [2.05, 4.69) is 13.0 Å². The molecule has 2 aromatic carbocycles. The van der Waals surface area contributed by atoms with Gasteiger partial charge in [0.2, 0.25) is 0 Å². The first-order valence-electron chi connectivity index (χ1n) is 8.61. The Labute approximate surface area is 147 Å². The smallest absolute Gasteiger partial charge is 0.251 e. The summed E-state index contributed by atoms with van der Waals surface area (Å²) in [7, 11) is 1.65. The lowest BCUT2D eigenvalue weighted by Crippen LogP contribution is -2.26. The fourth-order valence-electron chi connectivity index (χ4n) is 3.58. The summed E-state index contributed by atoms with van der Waals surface area (Å²) >= 11 is 0. The van der Waals surface area contributed by atoms with Crippen LogP contribution in [-0.4, -0.2) is 25.7 Å². The van der Waals surface area contributed by atoms with Crippen LogP contribution in [0.2, 0.25) is 0 Å². The Balaban J connectivity index is 1.58. The summed E-state index contributed by atoms with van der Waals surface area (Å²) in [6, 6.07) is 12.0. The van der Waals surface area contributed by atoms with Crippen molar-refractivity contribution in [3.63, 3.8) is 0 Å². The van der Waals surface area contributed by atoms with Crippen molar-refractivity contribution in [3.8, 4) is 11.5 Å². The van der Waals surface area contributed by atoms with Crippen LogP contribution in [0.15, 0.2) is 42.5 Å². The fraction of sp³-hybridized carbons (Fsp3) is 0.286. The van der Waals surface area contributed by atoms with Crippen LogP contribution >= 0.6 is 0 Å². The first-order chi connectivity index (χ1) is 12.2. The van der Waals surface area contributed by atoms with Gasteiger partial charge in [-0.3, -0.25) is 4.79 Å². The van der Waals surface area contributed by atoms with E-state index in [-0.39, 0.29) is 12.0 Å². The molecule has 0 fully saturated rings. The van der Waals surface area contributed by atoms with Gasteiger partial charge >= 0.3 is 0 Å². The van der Waals surface area contributed by atoms with Crippen LogP contribution in [0.1, 0.15) is 23.6 Å². The summed E-state index contributed by atoms with van der Waals surface area (Å²) in [6.45, 7) is 2.78. The number of methoxy groups -OCH3 is 1. The van der Waals surface area contributed by atoms with E-state index in [1.807, 2.05) is 41.3 Å². The summed E-state index contributed by atoms with van der Waals surface area (Å²) < 4.78 is 11.3. The van der Waals surface area contributed by atoms with E-state index >= 15 is 0 Å². The molecule has 1 amide bonds. The zero-order valence-corrected chi connectivity index (χ0v) is 14.5.